The summed E-state index contributed by atoms with van der Waals surface area (Å²) >= 11 is 4.95. The van der Waals surface area contributed by atoms with Crippen LogP contribution in [0.5, 0.6) is 0 Å². The van der Waals surface area contributed by atoms with Crippen LogP contribution >= 0.6 is 12.2 Å². The highest BCUT2D eigenvalue weighted by atomic mass is 32.1. The minimum absolute atomic E-state index is 0.400. The van der Waals surface area contributed by atoms with E-state index in [1.54, 1.807) is 0 Å². The Hall–Kier alpha value is -0.640. The van der Waals surface area contributed by atoms with Crippen molar-refractivity contribution in [3.63, 3.8) is 0 Å². The molecule has 56 valence electrons. The highest BCUT2D eigenvalue weighted by Crippen LogP contribution is 2.06. The Labute approximate surface area is 65.9 Å². The molecule has 0 radical (unpaired) electrons. The number of amidine groups is 1. The van der Waals surface area contributed by atoms with E-state index in [1.807, 2.05) is 4.90 Å². The molecule has 1 rings (SSSR count). The van der Waals surface area contributed by atoms with Gasteiger partial charge >= 0.3 is 0 Å². The number of hydrogen-bond donors (Lipinski definition) is 1. The second-order valence-electron chi connectivity index (χ2n) is 2.61. The van der Waals surface area contributed by atoms with Gasteiger partial charge in [0.2, 0.25) is 0 Å². The molecule has 0 spiro atoms. The lowest BCUT2D eigenvalue weighted by molar-refractivity contribution is 0.405. The molecule has 0 amide bonds. The quantitative estimate of drug-likeness (QED) is 0.558. The lowest BCUT2D eigenvalue weighted by Crippen LogP contribution is -2.34. The third-order valence-corrected chi connectivity index (χ3v) is 1.77. The first-order valence-electron chi connectivity index (χ1n) is 3.25. The van der Waals surface area contributed by atoms with E-state index in [-0.39, 0.29) is 0 Å². The second kappa shape index (κ2) is 2.54. The standard InChI is InChI=1S/C6H11N3S/c1-4(2)9-3-5(7)8-6(9)10/h4H,3H2,1-2H3,(H2,7,8,10). The van der Waals surface area contributed by atoms with Gasteiger partial charge in [-0.15, -0.1) is 0 Å². The second-order valence-corrected chi connectivity index (χ2v) is 2.97. The Kier molecular flexibility index (Phi) is 1.89. The molecule has 0 bridgehead atoms. The summed E-state index contributed by atoms with van der Waals surface area (Å²) < 4.78 is 0. The van der Waals surface area contributed by atoms with Crippen molar-refractivity contribution in [1.82, 2.24) is 4.90 Å². The number of nitrogens with two attached hydrogens (primary N) is 1. The first kappa shape index (κ1) is 7.47. The summed E-state index contributed by atoms with van der Waals surface area (Å²) in [6.07, 6.45) is 0. The molecule has 1 heterocycles. The van der Waals surface area contributed by atoms with E-state index in [0.29, 0.717) is 23.5 Å². The van der Waals surface area contributed by atoms with Crippen molar-refractivity contribution in [1.29, 1.82) is 0 Å². The monoisotopic (exact) mass is 157 g/mol. The summed E-state index contributed by atoms with van der Waals surface area (Å²) in [6.45, 7) is 4.83. The number of nitrogens with zero attached hydrogens (tertiary/aromatic N) is 2. The van der Waals surface area contributed by atoms with Crippen LogP contribution in [0.15, 0.2) is 4.99 Å². The first-order valence-corrected chi connectivity index (χ1v) is 3.65. The average Bonchev–Trinajstić information content (AvgIpc) is 2.10. The van der Waals surface area contributed by atoms with Gasteiger partial charge in [0.25, 0.3) is 0 Å². The maximum absolute atomic E-state index is 5.47. The summed E-state index contributed by atoms with van der Waals surface area (Å²) in [5.74, 6) is 0.624. The van der Waals surface area contributed by atoms with E-state index in [1.165, 1.54) is 0 Å². The molecule has 0 atom stereocenters. The summed E-state index contributed by atoms with van der Waals surface area (Å²) in [5, 5.41) is 0.618. The van der Waals surface area contributed by atoms with Crippen LogP contribution in [-0.2, 0) is 0 Å². The Morgan fingerprint density at radius 1 is 1.70 bits per heavy atom. The van der Waals surface area contributed by atoms with E-state index in [4.69, 9.17) is 18.0 Å². The van der Waals surface area contributed by atoms with Gasteiger partial charge in [-0.2, -0.15) is 0 Å². The van der Waals surface area contributed by atoms with E-state index >= 15 is 0 Å². The van der Waals surface area contributed by atoms with Gasteiger partial charge in [-0.1, -0.05) is 0 Å². The molecule has 0 unspecified atom stereocenters. The summed E-state index contributed by atoms with van der Waals surface area (Å²) in [7, 11) is 0. The van der Waals surface area contributed by atoms with Crippen molar-refractivity contribution >= 4 is 23.2 Å². The number of hydrogen-bond acceptors (Lipinski definition) is 2. The van der Waals surface area contributed by atoms with Crippen molar-refractivity contribution in [2.45, 2.75) is 19.9 Å². The molecule has 0 aromatic heterocycles. The van der Waals surface area contributed by atoms with Crippen LogP contribution in [0.3, 0.4) is 0 Å². The van der Waals surface area contributed by atoms with Crippen molar-refractivity contribution in [3.8, 4) is 0 Å². The highest BCUT2D eigenvalue weighted by molar-refractivity contribution is 7.80. The van der Waals surface area contributed by atoms with Crippen molar-refractivity contribution < 1.29 is 0 Å². The molecule has 1 aliphatic heterocycles. The lowest BCUT2D eigenvalue weighted by atomic mass is 10.3. The molecule has 0 fully saturated rings. The van der Waals surface area contributed by atoms with Crippen molar-refractivity contribution in [3.05, 3.63) is 0 Å². The van der Waals surface area contributed by atoms with Gasteiger partial charge in [-0.3, -0.25) is 0 Å². The Morgan fingerprint density at radius 3 is 2.50 bits per heavy atom. The molecule has 0 saturated carbocycles. The third kappa shape index (κ3) is 1.26. The highest BCUT2D eigenvalue weighted by Gasteiger charge is 2.19. The first-order chi connectivity index (χ1) is 4.61. The molecular formula is C6H11N3S. The van der Waals surface area contributed by atoms with Crippen molar-refractivity contribution in [2.24, 2.45) is 10.7 Å². The van der Waals surface area contributed by atoms with Gasteiger partial charge in [0, 0.05) is 6.04 Å². The molecule has 0 aromatic carbocycles. The molecule has 2 N–H and O–H groups in total. The van der Waals surface area contributed by atoms with Crippen LogP contribution < -0.4 is 5.73 Å². The predicted molar refractivity (Wildman–Crippen MR) is 46.1 cm³/mol. The average molecular weight is 157 g/mol. The van der Waals surface area contributed by atoms with Crippen LogP contribution in [0.25, 0.3) is 0 Å². The normalized spacial score (nSPS) is 18.5. The minimum Gasteiger partial charge on any atom is -0.386 e. The zero-order valence-electron chi connectivity index (χ0n) is 6.16. The molecule has 0 saturated heterocycles. The van der Waals surface area contributed by atoms with Gasteiger partial charge in [0.05, 0.1) is 6.54 Å². The minimum atomic E-state index is 0.400. The number of aliphatic imine (C=N–C) groups is 1. The maximum atomic E-state index is 5.47. The smallest absolute Gasteiger partial charge is 0.197 e. The maximum Gasteiger partial charge on any atom is 0.197 e. The largest absolute Gasteiger partial charge is 0.386 e. The summed E-state index contributed by atoms with van der Waals surface area (Å²) in [5.41, 5.74) is 5.47. The van der Waals surface area contributed by atoms with E-state index in [0.717, 1.165) is 0 Å². The van der Waals surface area contributed by atoms with Crippen LogP contribution in [0.2, 0.25) is 0 Å². The number of thiocarbonyl (C=S) groups is 1. The SMILES string of the molecule is CC(C)N1CC(N)=NC1=S. The summed E-state index contributed by atoms with van der Waals surface area (Å²) in [4.78, 5) is 5.93. The molecule has 0 aromatic rings. The predicted octanol–water partition coefficient (Wildman–Crippen LogP) is 0.353. The molecule has 3 nitrogen and oxygen atoms in total. The summed E-state index contributed by atoms with van der Waals surface area (Å²) in [6, 6.07) is 0.400. The van der Waals surface area contributed by atoms with E-state index in [9.17, 15) is 0 Å². The van der Waals surface area contributed by atoms with Crippen LogP contribution in [0.1, 0.15) is 13.8 Å². The van der Waals surface area contributed by atoms with Gasteiger partial charge < -0.3 is 10.6 Å². The fourth-order valence-electron chi connectivity index (χ4n) is 0.868. The number of rotatable bonds is 1. The Balaban J connectivity index is 2.64. The Morgan fingerprint density at radius 2 is 2.30 bits per heavy atom. The Bertz CT molecular complexity index is 185. The third-order valence-electron chi connectivity index (χ3n) is 1.44. The molecular weight excluding hydrogens is 146 g/mol. The van der Waals surface area contributed by atoms with E-state index in [2.05, 4.69) is 18.8 Å². The van der Waals surface area contributed by atoms with E-state index < -0.39 is 0 Å². The van der Waals surface area contributed by atoms with Gasteiger partial charge in [-0.05, 0) is 26.1 Å². The fourth-order valence-corrected chi connectivity index (χ4v) is 1.26. The van der Waals surface area contributed by atoms with Crippen molar-refractivity contribution in [2.75, 3.05) is 6.54 Å². The molecule has 0 aliphatic carbocycles. The van der Waals surface area contributed by atoms with Gasteiger partial charge in [-0.25, -0.2) is 4.99 Å². The zero-order valence-corrected chi connectivity index (χ0v) is 6.98. The lowest BCUT2D eigenvalue weighted by Gasteiger charge is -2.20. The van der Waals surface area contributed by atoms with Gasteiger partial charge in [0.1, 0.15) is 5.84 Å². The zero-order chi connectivity index (χ0) is 7.72. The van der Waals surface area contributed by atoms with Crippen LogP contribution in [0, 0.1) is 0 Å². The van der Waals surface area contributed by atoms with Crippen LogP contribution in [-0.4, -0.2) is 28.4 Å². The van der Waals surface area contributed by atoms with Gasteiger partial charge in [0.15, 0.2) is 5.11 Å². The fraction of sp³-hybridized carbons (Fsp3) is 0.667. The molecule has 4 heteroatoms. The topological polar surface area (TPSA) is 41.6 Å². The molecule has 10 heavy (non-hydrogen) atoms. The molecule has 1 aliphatic rings. The van der Waals surface area contributed by atoms with Crippen LogP contribution in [0.4, 0.5) is 0 Å².